The molecule has 1 fully saturated rings. The van der Waals surface area contributed by atoms with E-state index >= 15 is 0 Å². The highest BCUT2D eigenvalue weighted by molar-refractivity contribution is 5.14. The van der Waals surface area contributed by atoms with Crippen LogP contribution in [0.5, 0.6) is 0 Å². The normalized spacial score (nSPS) is 21.0. The molecule has 118 valence electrons. The molecule has 1 heterocycles. The fraction of sp³-hybridized carbons (Fsp3) is 0.667. The van der Waals surface area contributed by atoms with Gasteiger partial charge in [-0.05, 0) is 18.4 Å². The molecule has 0 saturated carbocycles. The van der Waals surface area contributed by atoms with Gasteiger partial charge in [-0.3, -0.25) is 4.90 Å². The van der Waals surface area contributed by atoms with E-state index in [1.54, 1.807) is 0 Å². The monoisotopic (exact) mass is 290 g/mol. The Hall–Kier alpha value is -0.900. The zero-order valence-electron chi connectivity index (χ0n) is 13.7. The summed E-state index contributed by atoms with van der Waals surface area (Å²) >= 11 is 0. The lowest BCUT2D eigenvalue weighted by molar-refractivity contribution is -0.00828. The predicted molar refractivity (Wildman–Crippen MR) is 88.4 cm³/mol. The molecule has 0 amide bonds. The van der Waals surface area contributed by atoms with Gasteiger partial charge in [0.2, 0.25) is 0 Å². The van der Waals surface area contributed by atoms with Crippen molar-refractivity contribution in [3.05, 3.63) is 35.9 Å². The van der Waals surface area contributed by atoms with Crippen molar-refractivity contribution in [3.63, 3.8) is 0 Å². The summed E-state index contributed by atoms with van der Waals surface area (Å²) in [6.07, 6.45) is 2.97. The summed E-state index contributed by atoms with van der Waals surface area (Å²) in [5.74, 6) is 0. The van der Waals surface area contributed by atoms with Gasteiger partial charge in [-0.2, -0.15) is 0 Å². The second-order valence-corrected chi connectivity index (χ2v) is 6.36. The topological polar surface area (TPSA) is 24.5 Å². The molecular weight excluding hydrogens is 260 g/mol. The molecule has 0 bridgehead atoms. The minimum absolute atomic E-state index is 0.342. The van der Waals surface area contributed by atoms with Crippen LogP contribution in [0.4, 0.5) is 0 Å². The highest BCUT2D eigenvalue weighted by Crippen LogP contribution is 2.18. The summed E-state index contributed by atoms with van der Waals surface area (Å²) in [5.41, 5.74) is 1.40. The Morgan fingerprint density at radius 1 is 1.29 bits per heavy atom. The summed E-state index contributed by atoms with van der Waals surface area (Å²) in [4.78, 5) is 2.50. The van der Waals surface area contributed by atoms with E-state index in [1.807, 2.05) is 0 Å². The van der Waals surface area contributed by atoms with Crippen molar-refractivity contribution in [2.75, 3.05) is 19.6 Å². The molecule has 1 aromatic carbocycles. The van der Waals surface area contributed by atoms with Crippen LogP contribution in [-0.2, 0) is 11.3 Å². The molecule has 2 atom stereocenters. The number of likely N-dealkylation sites (tertiary alicyclic amines) is 1. The van der Waals surface area contributed by atoms with Crippen molar-refractivity contribution < 1.29 is 4.74 Å². The number of nitrogens with zero attached hydrogens (tertiary/aromatic N) is 1. The molecule has 3 heteroatoms. The van der Waals surface area contributed by atoms with Crippen LogP contribution in [0.25, 0.3) is 0 Å². The highest BCUT2D eigenvalue weighted by atomic mass is 16.5. The summed E-state index contributed by atoms with van der Waals surface area (Å²) in [6, 6.07) is 11.2. The number of nitrogens with one attached hydrogen (secondary N) is 1. The summed E-state index contributed by atoms with van der Waals surface area (Å²) in [7, 11) is 0. The van der Waals surface area contributed by atoms with Crippen LogP contribution in [0.15, 0.2) is 30.3 Å². The van der Waals surface area contributed by atoms with Gasteiger partial charge < -0.3 is 10.1 Å². The molecule has 1 aliphatic heterocycles. The molecule has 2 rings (SSSR count). The lowest BCUT2D eigenvalue weighted by Gasteiger charge is -2.23. The molecule has 1 aromatic rings. The Labute approximate surface area is 129 Å². The molecule has 1 N–H and O–H groups in total. The minimum Gasteiger partial charge on any atom is -0.372 e. The zero-order chi connectivity index (χ0) is 15.1. The van der Waals surface area contributed by atoms with Gasteiger partial charge in [0.15, 0.2) is 0 Å². The van der Waals surface area contributed by atoms with Crippen LogP contribution in [0, 0.1) is 0 Å². The van der Waals surface area contributed by atoms with Gasteiger partial charge in [0.25, 0.3) is 0 Å². The summed E-state index contributed by atoms with van der Waals surface area (Å²) in [6.45, 7) is 10.8. The van der Waals surface area contributed by atoms with Crippen molar-refractivity contribution in [2.24, 2.45) is 0 Å². The van der Waals surface area contributed by atoms with Crippen molar-refractivity contribution in [1.82, 2.24) is 10.2 Å². The van der Waals surface area contributed by atoms with Gasteiger partial charge in [0, 0.05) is 32.2 Å². The molecule has 0 aromatic heterocycles. The lowest BCUT2D eigenvalue weighted by atomic mass is 10.2. The Kier molecular flexibility index (Phi) is 6.68. The highest BCUT2D eigenvalue weighted by Gasteiger charge is 2.25. The van der Waals surface area contributed by atoms with Crippen LogP contribution in [0.3, 0.4) is 0 Å². The Morgan fingerprint density at radius 3 is 2.71 bits per heavy atom. The lowest BCUT2D eigenvalue weighted by Crippen LogP contribution is -2.36. The van der Waals surface area contributed by atoms with E-state index in [4.69, 9.17) is 4.74 Å². The molecule has 0 aliphatic carbocycles. The van der Waals surface area contributed by atoms with E-state index in [9.17, 15) is 0 Å². The van der Waals surface area contributed by atoms with Gasteiger partial charge in [0.05, 0.1) is 12.2 Å². The maximum atomic E-state index is 6.27. The van der Waals surface area contributed by atoms with Crippen molar-refractivity contribution >= 4 is 0 Å². The molecule has 0 spiro atoms. The van der Waals surface area contributed by atoms with Gasteiger partial charge in [-0.1, -0.05) is 51.1 Å². The Bertz CT molecular complexity index is 393. The van der Waals surface area contributed by atoms with E-state index in [0.29, 0.717) is 18.2 Å². The Morgan fingerprint density at radius 2 is 2.05 bits per heavy atom. The number of hydrogen-bond donors (Lipinski definition) is 1. The standard InChI is InChI=1S/C18H30N2O/c1-4-17(12-19-15(2)3)21-18-10-11-20(14-18)13-16-8-6-5-7-9-16/h5-9,15,17-19H,4,10-14H2,1-3H3. The second-order valence-electron chi connectivity index (χ2n) is 6.36. The first-order valence-electron chi connectivity index (χ1n) is 8.32. The average Bonchev–Trinajstić information content (AvgIpc) is 2.91. The number of hydrogen-bond acceptors (Lipinski definition) is 3. The molecule has 1 saturated heterocycles. The predicted octanol–water partition coefficient (Wildman–Crippen LogP) is 3.05. The average molecular weight is 290 g/mol. The molecule has 2 unspecified atom stereocenters. The van der Waals surface area contributed by atoms with E-state index < -0.39 is 0 Å². The first kappa shape index (κ1) is 16.5. The van der Waals surface area contributed by atoms with Crippen LogP contribution in [0.1, 0.15) is 39.2 Å². The number of benzene rings is 1. The van der Waals surface area contributed by atoms with Gasteiger partial charge in [-0.25, -0.2) is 0 Å². The maximum absolute atomic E-state index is 6.27. The van der Waals surface area contributed by atoms with E-state index in [1.165, 1.54) is 5.56 Å². The van der Waals surface area contributed by atoms with Crippen LogP contribution in [-0.4, -0.2) is 42.8 Å². The fourth-order valence-electron chi connectivity index (χ4n) is 2.82. The van der Waals surface area contributed by atoms with E-state index in [0.717, 1.165) is 39.0 Å². The minimum atomic E-state index is 0.342. The zero-order valence-corrected chi connectivity index (χ0v) is 13.7. The van der Waals surface area contributed by atoms with E-state index in [-0.39, 0.29) is 0 Å². The molecule has 3 nitrogen and oxygen atoms in total. The first-order chi connectivity index (χ1) is 10.2. The van der Waals surface area contributed by atoms with Gasteiger partial charge in [-0.15, -0.1) is 0 Å². The van der Waals surface area contributed by atoms with Crippen molar-refractivity contribution in [3.8, 4) is 0 Å². The molecule has 1 aliphatic rings. The van der Waals surface area contributed by atoms with Crippen LogP contribution < -0.4 is 5.32 Å². The van der Waals surface area contributed by atoms with Crippen LogP contribution in [0.2, 0.25) is 0 Å². The Balaban J connectivity index is 1.74. The first-order valence-corrected chi connectivity index (χ1v) is 8.32. The van der Waals surface area contributed by atoms with Crippen LogP contribution >= 0.6 is 0 Å². The summed E-state index contributed by atoms with van der Waals surface area (Å²) in [5, 5.41) is 3.48. The van der Waals surface area contributed by atoms with Gasteiger partial charge >= 0.3 is 0 Å². The van der Waals surface area contributed by atoms with Gasteiger partial charge in [0.1, 0.15) is 0 Å². The third-order valence-electron chi connectivity index (χ3n) is 4.07. The SMILES string of the molecule is CCC(CNC(C)C)OC1CCN(Cc2ccccc2)C1. The van der Waals surface area contributed by atoms with Crippen molar-refractivity contribution in [2.45, 2.75) is 58.4 Å². The maximum Gasteiger partial charge on any atom is 0.0718 e. The van der Waals surface area contributed by atoms with E-state index in [2.05, 4.69) is 61.3 Å². The molecular formula is C18H30N2O. The third kappa shape index (κ3) is 5.77. The fourth-order valence-corrected chi connectivity index (χ4v) is 2.82. The van der Waals surface area contributed by atoms with Crippen molar-refractivity contribution in [1.29, 1.82) is 0 Å². The molecule has 0 radical (unpaired) electrons. The quantitative estimate of drug-likeness (QED) is 0.796. The smallest absolute Gasteiger partial charge is 0.0718 e. The largest absolute Gasteiger partial charge is 0.372 e. The third-order valence-corrected chi connectivity index (χ3v) is 4.07. The number of ether oxygens (including phenoxy) is 1. The summed E-state index contributed by atoms with van der Waals surface area (Å²) < 4.78 is 6.27. The second kappa shape index (κ2) is 8.52. The number of rotatable bonds is 8. The molecule has 21 heavy (non-hydrogen) atoms.